The van der Waals surface area contributed by atoms with Crippen molar-refractivity contribution in [1.82, 2.24) is 9.88 Å². The number of nitrogens with one attached hydrogen (secondary N) is 1. The highest BCUT2D eigenvalue weighted by molar-refractivity contribution is 7.22. The molecular weight excluding hydrogens is 368 g/mol. The van der Waals surface area contributed by atoms with Gasteiger partial charge in [0.05, 0.1) is 10.2 Å². The largest absolute Gasteiger partial charge is 0.345 e. The standard InChI is InChI=1S/C19H19ClN4OS/c1-23-7-9-24(10-8-23)19-22-16-6-5-15(12-17(16)26-19)21-18(25)13-3-2-4-14(20)11-13/h2-6,11-12H,7-10H2,1H3,(H,21,25). The lowest BCUT2D eigenvalue weighted by molar-refractivity contribution is 0.102. The molecule has 2 heterocycles. The lowest BCUT2D eigenvalue weighted by Gasteiger charge is -2.31. The highest BCUT2D eigenvalue weighted by Gasteiger charge is 2.18. The van der Waals surface area contributed by atoms with Crippen LogP contribution in [0.2, 0.25) is 5.02 Å². The molecule has 0 bridgehead atoms. The van der Waals surface area contributed by atoms with Crippen LogP contribution in [0.4, 0.5) is 10.8 Å². The van der Waals surface area contributed by atoms with Crippen molar-refractivity contribution in [3.8, 4) is 0 Å². The summed E-state index contributed by atoms with van der Waals surface area (Å²) >= 11 is 7.63. The van der Waals surface area contributed by atoms with Crippen LogP contribution in [0.5, 0.6) is 0 Å². The number of anilines is 2. The molecule has 134 valence electrons. The minimum Gasteiger partial charge on any atom is -0.345 e. The van der Waals surface area contributed by atoms with E-state index in [2.05, 4.69) is 22.2 Å². The molecule has 0 unspecified atom stereocenters. The molecule has 2 aromatic carbocycles. The maximum atomic E-state index is 12.4. The number of carbonyl (C=O) groups is 1. The Morgan fingerprint density at radius 1 is 1.15 bits per heavy atom. The molecule has 0 spiro atoms. The SMILES string of the molecule is CN1CCN(c2nc3ccc(NC(=O)c4cccc(Cl)c4)cc3s2)CC1. The minimum atomic E-state index is -0.171. The van der Waals surface area contributed by atoms with Crippen molar-refractivity contribution in [3.05, 3.63) is 53.1 Å². The Kier molecular flexibility index (Phi) is 4.80. The van der Waals surface area contributed by atoms with E-state index >= 15 is 0 Å². The number of rotatable bonds is 3. The van der Waals surface area contributed by atoms with Crippen LogP contribution in [0, 0.1) is 0 Å². The Bertz CT molecular complexity index is 950. The molecule has 1 fully saturated rings. The Morgan fingerprint density at radius 2 is 1.96 bits per heavy atom. The van der Waals surface area contributed by atoms with Crippen LogP contribution >= 0.6 is 22.9 Å². The van der Waals surface area contributed by atoms with E-state index in [4.69, 9.17) is 16.6 Å². The van der Waals surface area contributed by atoms with Crippen LogP contribution < -0.4 is 10.2 Å². The predicted molar refractivity (Wildman–Crippen MR) is 109 cm³/mol. The number of amides is 1. The normalized spacial score (nSPS) is 15.4. The van der Waals surface area contributed by atoms with Crippen LogP contribution in [0.1, 0.15) is 10.4 Å². The molecule has 1 aliphatic heterocycles. The smallest absolute Gasteiger partial charge is 0.255 e. The summed E-state index contributed by atoms with van der Waals surface area (Å²) in [5, 5.41) is 4.53. The highest BCUT2D eigenvalue weighted by Crippen LogP contribution is 2.31. The second-order valence-corrected chi connectivity index (χ2v) is 7.88. The molecule has 1 amide bonds. The maximum Gasteiger partial charge on any atom is 0.255 e. The number of piperazine rings is 1. The molecule has 0 radical (unpaired) electrons. The molecule has 0 atom stereocenters. The third-order valence-electron chi connectivity index (χ3n) is 4.50. The monoisotopic (exact) mass is 386 g/mol. The summed E-state index contributed by atoms with van der Waals surface area (Å²) in [6, 6.07) is 12.8. The van der Waals surface area contributed by atoms with Crippen LogP contribution in [0.15, 0.2) is 42.5 Å². The van der Waals surface area contributed by atoms with E-state index in [1.165, 1.54) is 0 Å². The zero-order chi connectivity index (χ0) is 18.1. The van der Waals surface area contributed by atoms with Gasteiger partial charge in [-0.3, -0.25) is 4.79 Å². The number of thiazole rings is 1. The third kappa shape index (κ3) is 3.67. The Morgan fingerprint density at radius 3 is 2.73 bits per heavy atom. The van der Waals surface area contributed by atoms with E-state index in [-0.39, 0.29) is 5.91 Å². The van der Waals surface area contributed by atoms with Gasteiger partial charge in [-0.15, -0.1) is 0 Å². The van der Waals surface area contributed by atoms with E-state index < -0.39 is 0 Å². The van der Waals surface area contributed by atoms with Gasteiger partial charge in [-0.1, -0.05) is 29.0 Å². The van der Waals surface area contributed by atoms with Crippen LogP contribution in [0.25, 0.3) is 10.2 Å². The van der Waals surface area contributed by atoms with Gasteiger partial charge in [0.15, 0.2) is 5.13 Å². The van der Waals surface area contributed by atoms with Gasteiger partial charge in [-0.05, 0) is 43.4 Å². The zero-order valence-corrected chi connectivity index (χ0v) is 16.0. The molecule has 7 heteroatoms. The van der Waals surface area contributed by atoms with Crippen molar-refractivity contribution in [2.45, 2.75) is 0 Å². The number of aromatic nitrogens is 1. The summed E-state index contributed by atoms with van der Waals surface area (Å²) in [6.45, 7) is 4.09. The predicted octanol–water partition coefficient (Wildman–Crippen LogP) is 3.95. The van der Waals surface area contributed by atoms with Crippen molar-refractivity contribution >= 4 is 49.9 Å². The molecule has 1 N–H and O–H groups in total. The Balaban J connectivity index is 1.53. The van der Waals surface area contributed by atoms with E-state index in [0.29, 0.717) is 10.6 Å². The first kappa shape index (κ1) is 17.3. The van der Waals surface area contributed by atoms with Gasteiger partial charge in [-0.2, -0.15) is 0 Å². The third-order valence-corrected chi connectivity index (χ3v) is 5.81. The Hall–Kier alpha value is -2.15. The van der Waals surface area contributed by atoms with Gasteiger partial charge in [0.25, 0.3) is 5.91 Å². The lowest BCUT2D eigenvalue weighted by Crippen LogP contribution is -2.44. The van der Waals surface area contributed by atoms with E-state index in [1.807, 2.05) is 18.2 Å². The average Bonchev–Trinajstić information content (AvgIpc) is 3.05. The molecule has 0 aliphatic carbocycles. The number of hydrogen-bond acceptors (Lipinski definition) is 5. The molecule has 0 saturated carbocycles. The summed E-state index contributed by atoms with van der Waals surface area (Å²) in [7, 11) is 2.14. The molecule has 1 aromatic heterocycles. The summed E-state index contributed by atoms with van der Waals surface area (Å²) < 4.78 is 1.07. The van der Waals surface area contributed by atoms with Gasteiger partial charge >= 0.3 is 0 Å². The number of hydrogen-bond donors (Lipinski definition) is 1. The van der Waals surface area contributed by atoms with Crippen LogP contribution in [-0.2, 0) is 0 Å². The molecule has 1 saturated heterocycles. The summed E-state index contributed by atoms with van der Waals surface area (Å²) in [5.74, 6) is -0.171. The zero-order valence-electron chi connectivity index (χ0n) is 14.4. The lowest BCUT2D eigenvalue weighted by atomic mass is 10.2. The van der Waals surface area contributed by atoms with Crippen LogP contribution in [-0.4, -0.2) is 49.0 Å². The summed E-state index contributed by atoms with van der Waals surface area (Å²) in [6.07, 6.45) is 0. The number of nitrogens with zero attached hydrogens (tertiary/aromatic N) is 3. The number of likely N-dealkylation sites (N-methyl/N-ethyl adjacent to an activating group) is 1. The summed E-state index contributed by atoms with van der Waals surface area (Å²) in [5.41, 5.74) is 2.26. The van der Waals surface area contributed by atoms with Gasteiger partial charge in [0.2, 0.25) is 0 Å². The van der Waals surface area contributed by atoms with Crippen molar-refractivity contribution in [3.63, 3.8) is 0 Å². The van der Waals surface area contributed by atoms with Gasteiger partial charge < -0.3 is 15.1 Å². The first-order valence-electron chi connectivity index (χ1n) is 8.49. The van der Waals surface area contributed by atoms with Crippen molar-refractivity contribution in [2.24, 2.45) is 0 Å². The van der Waals surface area contributed by atoms with E-state index in [0.717, 1.165) is 47.2 Å². The van der Waals surface area contributed by atoms with Gasteiger partial charge in [0, 0.05) is 42.5 Å². The van der Waals surface area contributed by atoms with Gasteiger partial charge in [-0.25, -0.2) is 4.98 Å². The molecule has 5 nitrogen and oxygen atoms in total. The van der Waals surface area contributed by atoms with Gasteiger partial charge in [0.1, 0.15) is 0 Å². The fraction of sp³-hybridized carbons (Fsp3) is 0.263. The molecule has 26 heavy (non-hydrogen) atoms. The summed E-state index contributed by atoms with van der Waals surface area (Å²) in [4.78, 5) is 21.8. The maximum absolute atomic E-state index is 12.4. The topological polar surface area (TPSA) is 48.5 Å². The Labute approximate surface area is 161 Å². The van der Waals surface area contributed by atoms with Crippen molar-refractivity contribution in [2.75, 3.05) is 43.4 Å². The van der Waals surface area contributed by atoms with E-state index in [1.54, 1.807) is 35.6 Å². The number of fused-ring (bicyclic) bond motifs is 1. The minimum absolute atomic E-state index is 0.171. The number of carbonyl (C=O) groups excluding carboxylic acids is 1. The van der Waals surface area contributed by atoms with Crippen LogP contribution in [0.3, 0.4) is 0 Å². The van der Waals surface area contributed by atoms with E-state index in [9.17, 15) is 4.79 Å². The fourth-order valence-corrected chi connectivity index (χ4v) is 4.20. The number of halogens is 1. The fourth-order valence-electron chi connectivity index (χ4n) is 2.96. The molecule has 1 aliphatic rings. The molecular formula is C19H19ClN4OS. The highest BCUT2D eigenvalue weighted by atomic mass is 35.5. The molecule has 3 aromatic rings. The quantitative estimate of drug-likeness (QED) is 0.740. The van der Waals surface area contributed by atoms with Crippen molar-refractivity contribution in [1.29, 1.82) is 0 Å². The second kappa shape index (κ2) is 7.23. The number of benzene rings is 2. The molecule has 4 rings (SSSR count). The second-order valence-electron chi connectivity index (χ2n) is 6.43. The first-order valence-corrected chi connectivity index (χ1v) is 9.69. The average molecular weight is 387 g/mol. The van der Waals surface area contributed by atoms with Crippen molar-refractivity contribution < 1.29 is 4.79 Å². The first-order chi connectivity index (χ1) is 12.6.